The number of unbranched alkanes of at least 4 members (excludes halogenated alkanes) is 2. The zero-order chi connectivity index (χ0) is 31.4. The monoisotopic (exact) mass is 604 g/mol. The van der Waals surface area contributed by atoms with Crippen LogP contribution in [0.2, 0.25) is 0 Å². The second-order valence-electron chi connectivity index (χ2n) is 9.12. The lowest BCUT2D eigenvalue weighted by Gasteiger charge is -2.11. The lowest BCUT2D eigenvalue weighted by Crippen LogP contribution is -2.09. The maximum Gasteiger partial charge on any atom is 0.343 e. The molecule has 3 aromatic rings. The van der Waals surface area contributed by atoms with Crippen molar-refractivity contribution in [2.45, 2.75) is 25.7 Å². The van der Waals surface area contributed by atoms with Crippen LogP contribution in [0.3, 0.4) is 0 Å². The zero-order valence-corrected chi connectivity index (χ0v) is 24.4. The Hall–Kier alpha value is -5.25. The molecule has 232 valence electrons. The minimum Gasteiger partial charge on any atom is -0.494 e. The van der Waals surface area contributed by atoms with Gasteiger partial charge in [0.15, 0.2) is 0 Å². The van der Waals surface area contributed by atoms with Gasteiger partial charge in [0.1, 0.15) is 28.7 Å². The quantitative estimate of drug-likeness (QED) is 0.0493. The molecule has 0 spiro atoms. The summed E-state index contributed by atoms with van der Waals surface area (Å²) in [5, 5.41) is 0. The molecular weight excluding hydrogens is 568 g/mol. The van der Waals surface area contributed by atoms with Crippen LogP contribution < -0.4 is 23.7 Å². The van der Waals surface area contributed by atoms with E-state index in [1.54, 1.807) is 72.8 Å². The summed E-state index contributed by atoms with van der Waals surface area (Å²) in [6.07, 6.45) is 5.10. The Kier molecular flexibility index (Phi) is 14.4. The Morgan fingerprint density at radius 1 is 0.500 bits per heavy atom. The van der Waals surface area contributed by atoms with Gasteiger partial charge in [0.05, 0.1) is 32.0 Å². The first-order chi connectivity index (χ1) is 21.5. The third-order valence-corrected chi connectivity index (χ3v) is 5.84. The van der Waals surface area contributed by atoms with Crippen LogP contribution in [0.1, 0.15) is 36.0 Å². The van der Waals surface area contributed by atoms with Crippen LogP contribution in [0.15, 0.2) is 98.1 Å². The number of benzene rings is 3. The molecule has 0 heterocycles. The van der Waals surface area contributed by atoms with Crippen molar-refractivity contribution in [3.63, 3.8) is 0 Å². The fraction of sp³-hybridized carbons (Fsp3) is 0.265. The molecule has 0 aliphatic carbocycles. The van der Waals surface area contributed by atoms with Crippen molar-refractivity contribution >= 4 is 17.9 Å². The number of esters is 3. The van der Waals surface area contributed by atoms with E-state index in [9.17, 15) is 14.4 Å². The van der Waals surface area contributed by atoms with Gasteiger partial charge in [-0.15, -0.1) is 0 Å². The van der Waals surface area contributed by atoms with Gasteiger partial charge in [-0.05, 0) is 98.5 Å². The third-order valence-electron chi connectivity index (χ3n) is 5.84. The van der Waals surface area contributed by atoms with Crippen LogP contribution in [0.4, 0.5) is 0 Å². The number of hydrogen-bond donors (Lipinski definition) is 0. The SMILES string of the molecule is C=CC(=O)OCCCCOc1ccc(OCOc2ccc(OC(=O)c3ccc(OCCCCOC(=O)C=C)cc3)cc2)cc1. The Morgan fingerprint density at radius 3 is 1.30 bits per heavy atom. The summed E-state index contributed by atoms with van der Waals surface area (Å²) in [6, 6.07) is 20.4. The molecule has 0 radical (unpaired) electrons. The number of carbonyl (C=O) groups is 3. The topological polar surface area (TPSA) is 116 Å². The lowest BCUT2D eigenvalue weighted by atomic mass is 10.2. The Labute approximate surface area is 256 Å². The van der Waals surface area contributed by atoms with Crippen LogP contribution in [0, 0.1) is 0 Å². The summed E-state index contributed by atoms with van der Waals surface area (Å²) in [6.45, 7) is 8.28. The summed E-state index contributed by atoms with van der Waals surface area (Å²) < 4.78 is 37.8. The summed E-state index contributed by atoms with van der Waals surface area (Å²) in [5.41, 5.74) is 0.380. The summed E-state index contributed by atoms with van der Waals surface area (Å²) in [4.78, 5) is 34.5. The van der Waals surface area contributed by atoms with Crippen LogP contribution in [-0.2, 0) is 19.1 Å². The molecule has 10 heteroatoms. The van der Waals surface area contributed by atoms with E-state index < -0.39 is 17.9 Å². The molecule has 0 aliphatic heterocycles. The van der Waals surface area contributed by atoms with Crippen molar-refractivity contribution in [1.82, 2.24) is 0 Å². The highest BCUT2D eigenvalue weighted by molar-refractivity contribution is 5.91. The van der Waals surface area contributed by atoms with Gasteiger partial charge in [-0.1, -0.05) is 13.2 Å². The normalized spacial score (nSPS) is 10.2. The van der Waals surface area contributed by atoms with E-state index in [0.29, 0.717) is 80.0 Å². The molecule has 0 amide bonds. The number of rotatable bonds is 20. The highest BCUT2D eigenvalue weighted by Gasteiger charge is 2.09. The first kappa shape index (κ1) is 33.3. The predicted octanol–water partition coefficient (Wildman–Crippen LogP) is 6.10. The Balaban J connectivity index is 1.30. The number of carbonyl (C=O) groups excluding carboxylic acids is 3. The fourth-order valence-corrected chi connectivity index (χ4v) is 3.51. The van der Waals surface area contributed by atoms with E-state index in [4.69, 9.17) is 33.2 Å². The van der Waals surface area contributed by atoms with Crippen molar-refractivity contribution in [1.29, 1.82) is 0 Å². The van der Waals surface area contributed by atoms with E-state index >= 15 is 0 Å². The van der Waals surface area contributed by atoms with Crippen LogP contribution in [-0.4, -0.2) is 51.1 Å². The van der Waals surface area contributed by atoms with Gasteiger partial charge in [-0.25, -0.2) is 14.4 Å². The molecule has 3 rings (SSSR count). The molecule has 10 nitrogen and oxygen atoms in total. The van der Waals surface area contributed by atoms with Gasteiger partial charge < -0.3 is 33.2 Å². The van der Waals surface area contributed by atoms with E-state index in [2.05, 4.69) is 13.2 Å². The fourth-order valence-electron chi connectivity index (χ4n) is 3.51. The first-order valence-corrected chi connectivity index (χ1v) is 14.1. The van der Waals surface area contributed by atoms with Crippen LogP contribution in [0.5, 0.6) is 28.7 Å². The molecule has 0 aromatic heterocycles. The average molecular weight is 605 g/mol. The molecular formula is C34H36O10. The van der Waals surface area contributed by atoms with E-state index in [-0.39, 0.29) is 6.79 Å². The minimum absolute atomic E-state index is 0.0139. The molecule has 0 N–H and O–H groups in total. The first-order valence-electron chi connectivity index (χ1n) is 14.1. The number of ether oxygens (including phenoxy) is 7. The summed E-state index contributed by atoms with van der Waals surface area (Å²) in [7, 11) is 0. The highest BCUT2D eigenvalue weighted by Crippen LogP contribution is 2.21. The van der Waals surface area contributed by atoms with Crippen LogP contribution in [0.25, 0.3) is 0 Å². The summed E-state index contributed by atoms with van der Waals surface area (Å²) >= 11 is 0. The molecule has 3 aromatic carbocycles. The standard InChI is InChI=1S/C34H36O10/c1-3-32(35)40-23-7-5-21-38-27-11-9-26(10-12-27)34(37)44-31-19-17-30(18-20-31)43-25-42-29-15-13-28(14-16-29)39-22-6-8-24-41-33(36)4-2/h3-4,9-20H,1-2,5-8,21-25H2. The third kappa shape index (κ3) is 12.7. The predicted molar refractivity (Wildman–Crippen MR) is 162 cm³/mol. The lowest BCUT2D eigenvalue weighted by molar-refractivity contribution is -0.138. The van der Waals surface area contributed by atoms with Gasteiger partial charge in [-0.3, -0.25) is 0 Å². The van der Waals surface area contributed by atoms with Gasteiger partial charge in [0, 0.05) is 12.2 Å². The molecule has 0 fully saturated rings. The largest absolute Gasteiger partial charge is 0.494 e. The molecule has 0 saturated heterocycles. The zero-order valence-electron chi connectivity index (χ0n) is 24.4. The summed E-state index contributed by atoms with van der Waals surface area (Å²) in [5.74, 6) is 1.48. The van der Waals surface area contributed by atoms with Gasteiger partial charge in [-0.2, -0.15) is 0 Å². The van der Waals surface area contributed by atoms with Gasteiger partial charge in [0.25, 0.3) is 0 Å². The smallest absolute Gasteiger partial charge is 0.343 e. The molecule has 0 bridgehead atoms. The second-order valence-corrected chi connectivity index (χ2v) is 9.12. The van der Waals surface area contributed by atoms with E-state index in [1.807, 2.05) is 0 Å². The molecule has 44 heavy (non-hydrogen) atoms. The van der Waals surface area contributed by atoms with Gasteiger partial charge >= 0.3 is 17.9 Å². The highest BCUT2D eigenvalue weighted by atomic mass is 16.7. The van der Waals surface area contributed by atoms with Crippen molar-refractivity contribution in [3.05, 3.63) is 104 Å². The van der Waals surface area contributed by atoms with E-state index in [0.717, 1.165) is 18.6 Å². The number of hydrogen-bond acceptors (Lipinski definition) is 10. The molecule has 0 aliphatic rings. The van der Waals surface area contributed by atoms with E-state index in [1.165, 1.54) is 0 Å². The minimum atomic E-state index is -0.501. The van der Waals surface area contributed by atoms with Crippen LogP contribution >= 0.6 is 0 Å². The molecule has 0 atom stereocenters. The maximum absolute atomic E-state index is 12.5. The Morgan fingerprint density at radius 2 is 0.864 bits per heavy atom. The maximum atomic E-state index is 12.5. The Bertz CT molecular complexity index is 1330. The van der Waals surface area contributed by atoms with Crippen molar-refractivity contribution < 1.29 is 47.5 Å². The van der Waals surface area contributed by atoms with Crippen molar-refractivity contribution in [3.8, 4) is 28.7 Å². The molecule has 0 saturated carbocycles. The second kappa shape index (κ2) is 19.0. The van der Waals surface area contributed by atoms with Crippen molar-refractivity contribution in [2.75, 3.05) is 33.2 Å². The van der Waals surface area contributed by atoms with Gasteiger partial charge in [0.2, 0.25) is 6.79 Å². The van der Waals surface area contributed by atoms with Crippen molar-refractivity contribution in [2.24, 2.45) is 0 Å². The average Bonchev–Trinajstić information content (AvgIpc) is 3.05. The molecule has 0 unspecified atom stereocenters.